The monoisotopic (exact) mass is 336 g/mol. The molecule has 0 aliphatic rings. The van der Waals surface area contributed by atoms with Crippen molar-refractivity contribution in [3.63, 3.8) is 0 Å². The molecule has 3 heterocycles. The van der Waals surface area contributed by atoms with Gasteiger partial charge in [-0.1, -0.05) is 5.16 Å². The molecule has 0 spiro atoms. The molecule has 0 aliphatic carbocycles. The smallest absolute Gasteiger partial charge is 0.155 e. The first kappa shape index (κ1) is 15.2. The first-order valence-electron chi connectivity index (χ1n) is 7.80. The average molecular weight is 336 g/mol. The van der Waals surface area contributed by atoms with Crippen LogP contribution in [0.2, 0.25) is 0 Å². The lowest BCUT2D eigenvalue weighted by atomic mass is 10.2. The highest BCUT2D eigenvalue weighted by Crippen LogP contribution is 2.24. The first-order valence-corrected chi connectivity index (χ1v) is 7.80. The van der Waals surface area contributed by atoms with Gasteiger partial charge >= 0.3 is 0 Å². The van der Waals surface area contributed by atoms with Gasteiger partial charge in [-0.2, -0.15) is 0 Å². The van der Waals surface area contributed by atoms with Gasteiger partial charge in [0.2, 0.25) is 0 Å². The van der Waals surface area contributed by atoms with E-state index in [4.69, 9.17) is 14.9 Å². The second-order valence-electron chi connectivity index (χ2n) is 5.51. The maximum atomic E-state index is 9.41. The van der Waals surface area contributed by atoms with Gasteiger partial charge in [0.25, 0.3) is 0 Å². The Balaban J connectivity index is 1.85. The SMILES string of the molecule is NCCOc1ccc2oc(-c3cc4cccn4cn3)c/c(=N\O)c2c1. The zero-order valence-corrected chi connectivity index (χ0v) is 13.3. The first-order chi connectivity index (χ1) is 12.3. The van der Waals surface area contributed by atoms with Crippen molar-refractivity contribution < 1.29 is 14.4 Å². The van der Waals surface area contributed by atoms with E-state index in [1.54, 1.807) is 30.6 Å². The highest BCUT2D eigenvalue weighted by Gasteiger charge is 2.09. The molecule has 25 heavy (non-hydrogen) atoms. The van der Waals surface area contributed by atoms with E-state index in [0.29, 0.717) is 46.7 Å². The summed E-state index contributed by atoms with van der Waals surface area (Å²) >= 11 is 0. The van der Waals surface area contributed by atoms with E-state index in [2.05, 4.69) is 10.1 Å². The molecule has 0 saturated carbocycles. The Kier molecular flexibility index (Phi) is 3.83. The number of nitrogens with zero attached hydrogens (tertiary/aromatic N) is 3. The summed E-state index contributed by atoms with van der Waals surface area (Å²) in [6.45, 7) is 0.833. The molecule has 7 heteroatoms. The van der Waals surface area contributed by atoms with Gasteiger partial charge in [-0.3, -0.25) is 0 Å². The Morgan fingerprint density at radius 1 is 1.24 bits per heavy atom. The summed E-state index contributed by atoms with van der Waals surface area (Å²) in [7, 11) is 0. The molecule has 0 fully saturated rings. The number of benzene rings is 1. The molecule has 0 atom stereocenters. The fourth-order valence-corrected chi connectivity index (χ4v) is 2.69. The van der Waals surface area contributed by atoms with Crippen molar-refractivity contribution in [2.75, 3.05) is 13.2 Å². The minimum atomic E-state index is 0.381. The van der Waals surface area contributed by atoms with Crippen LogP contribution in [-0.2, 0) is 0 Å². The number of aromatic nitrogens is 2. The summed E-state index contributed by atoms with van der Waals surface area (Å²) in [6.07, 6.45) is 3.63. The molecule has 0 bridgehead atoms. The molecule has 0 aliphatic heterocycles. The predicted octanol–water partition coefficient (Wildman–Crippen LogP) is 2.37. The summed E-state index contributed by atoms with van der Waals surface area (Å²) in [4.78, 5) is 4.40. The van der Waals surface area contributed by atoms with Crippen LogP contribution in [-0.4, -0.2) is 27.7 Å². The van der Waals surface area contributed by atoms with Gasteiger partial charge in [0.1, 0.15) is 29.0 Å². The molecule has 0 radical (unpaired) electrons. The van der Waals surface area contributed by atoms with Crippen molar-refractivity contribution in [3.05, 3.63) is 60.3 Å². The maximum Gasteiger partial charge on any atom is 0.155 e. The minimum Gasteiger partial charge on any atom is -0.492 e. The Labute approximate surface area is 142 Å². The van der Waals surface area contributed by atoms with Gasteiger partial charge in [-0.25, -0.2) is 4.98 Å². The lowest BCUT2D eigenvalue weighted by Gasteiger charge is -2.07. The Morgan fingerprint density at radius 3 is 3.00 bits per heavy atom. The molecule has 4 aromatic rings. The van der Waals surface area contributed by atoms with Gasteiger partial charge in [0, 0.05) is 24.3 Å². The predicted molar refractivity (Wildman–Crippen MR) is 92.3 cm³/mol. The largest absolute Gasteiger partial charge is 0.492 e. The fraction of sp³-hybridized carbons (Fsp3) is 0.111. The molecule has 7 nitrogen and oxygen atoms in total. The number of fused-ring (bicyclic) bond motifs is 2. The Hall–Kier alpha value is -3.32. The van der Waals surface area contributed by atoms with Gasteiger partial charge in [-0.15, -0.1) is 0 Å². The number of nitrogens with two attached hydrogens (primary N) is 1. The molecule has 126 valence electrons. The quantitative estimate of drug-likeness (QED) is 0.440. The molecule has 0 amide bonds. The van der Waals surface area contributed by atoms with Crippen molar-refractivity contribution in [2.24, 2.45) is 10.9 Å². The highest BCUT2D eigenvalue weighted by molar-refractivity contribution is 5.80. The molecule has 0 saturated heterocycles. The van der Waals surface area contributed by atoms with Crippen LogP contribution in [0.25, 0.3) is 27.9 Å². The Bertz CT molecular complexity index is 1110. The number of rotatable bonds is 4. The summed E-state index contributed by atoms with van der Waals surface area (Å²) < 4.78 is 13.4. The normalized spacial score (nSPS) is 12.1. The van der Waals surface area contributed by atoms with E-state index in [1.165, 1.54) is 0 Å². The standard InChI is InChI=1S/C18H16N4O3/c19-5-7-24-13-3-4-17-14(9-13)15(21-23)10-18(25-17)16-8-12-2-1-6-22(12)11-20-16/h1-4,6,8-11,23H,5,7,19H2/b21-15+. The van der Waals surface area contributed by atoms with E-state index in [9.17, 15) is 5.21 Å². The number of hydrogen-bond donors (Lipinski definition) is 2. The van der Waals surface area contributed by atoms with Crippen LogP contribution in [0.5, 0.6) is 5.75 Å². The number of ether oxygens (including phenoxy) is 1. The molecule has 4 rings (SSSR count). The zero-order chi connectivity index (χ0) is 17.2. The molecule has 1 aromatic carbocycles. The lowest BCUT2D eigenvalue weighted by molar-refractivity contribution is 0.302. The van der Waals surface area contributed by atoms with E-state index in [1.807, 2.05) is 28.8 Å². The molecule has 0 unspecified atom stereocenters. The van der Waals surface area contributed by atoms with Gasteiger partial charge in [-0.05, 0) is 36.4 Å². The van der Waals surface area contributed by atoms with E-state index in [-0.39, 0.29) is 0 Å². The fourth-order valence-electron chi connectivity index (χ4n) is 2.69. The van der Waals surface area contributed by atoms with Crippen molar-refractivity contribution in [1.82, 2.24) is 9.38 Å². The second kappa shape index (κ2) is 6.29. The van der Waals surface area contributed by atoms with Crippen LogP contribution < -0.4 is 15.8 Å². The van der Waals surface area contributed by atoms with E-state index in [0.717, 1.165) is 5.52 Å². The average Bonchev–Trinajstić information content (AvgIpc) is 3.13. The highest BCUT2D eigenvalue weighted by atomic mass is 16.5. The van der Waals surface area contributed by atoms with Crippen LogP contribution in [0, 0.1) is 0 Å². The topological polar surface area (TPSA) is 98.3 Å². The molecular formula is C18H16N4O3. The molecular weight excluding hydrogens is 320 g/mol. The van der Waals surface area contributed by atoms with Gasteiger partial charge < -0.3 is 24.5 Å². The summed E-state index contributed by atoms with van der Waals surface area (Å²) in [5, 5.41) is 13.8. The van der Waals surface area contributed by atoms with Crippen LogP contribution in [0.1, 0.15) is 0 Å². The Morgan fingerprint density at radius 2 is 2.16 bits per heavy atom. The third kappa shape index (κ3) is 2.81. The van der Waals surface area contributed by atoms with Crippen molar-refractivity contribution in [3.8, 4) is 17.2 Å². The third-order valence-electron chi connectivity index (χ3n) is 3.88. The lowest BCUT2D eigenvalue weighted by Crippen LogP contribution is -2.11. The minimum absolute atomic E-state index is 0.381. The summed E-state index contributed by atoms with van der Waals surface area (Å²) in [5.41, 5.74) is 7.67. The van der Waals surface area contributed by atoms with Gasteiger partial charge in [0.15, 0.2) is 5.76 Å². The van der Waals surface area contributed by atoms with Crippen LogP contribution in [0.4, 0.5) is 0 Å². The van der Waals surface area contributed by atoms with Crippen LogP contribution in [0.3, 0.4) is 0 Å². The maximum absolute atomic E-state index is 9.41. The summed E-state index contributed by atoms with van der Waals surface area (Å²) in [5.74, 6) is 1.15. The van der Waals surface area contributed by atoms with Crippen molar-refractivity contribution >= 4 is 16.5 Å². The van der Waals surface area contributed by atoms with E-state index < -0.39 is 0 Å². The molecule has 3 N–H and O–H groups in total. The molecule has 3 aromatic heterocycles. The van der Waals surface area contributed by atoms with Crippen LogP contribution >= 0.6 is 0 Å². The second-order valence-corrected chi connectivity index (χ2v) is 5.51. The zero-order valence-electron chi connectivity index (χ0n) is 13.3. The third-order valence-corrected chi connectivity index (χ3v) is 3.88. The summed E-state index contributed by atoms with van der Waals surface area (Å²) in [6, 6.07) is 12.8. The van der Waals surface area contributed by atoms with Crippen molar-refractivity contribution in [2.45, 2.75) is 0 Å². The van der Waals surface area contributed by atoms with E-state index >= 15 is 0 Å². The van der Waals surface area contributed by atoms with Crippen molar-refractivity contribution in [1.29, 1.82) is 0 Å². The van der Waals surface area contributed by atoms with Gasteiger partial charge in [0.05, 0.1) is 11.7 Å². The number of hydrogen-bond acceptors (Lipinski definition) is 6. The van der Waals surface area contributed by atoms with Crippen LogP contribution in [0.15, 0.2) is 64.6 Å².